The predicted molar refractivity (Wildman–Crippen MR) is 108 cm³/mol. The summed E-state index contributed by atoms with van der Waals surface area (Å²) in [6.07, 6.45) is 1.36. The lowest BCUT2D eigenvalue weighted by Gasteiger charge is -2.20. The fraction of sp³-hybridized carbons (Fsp3) is 0.190. The first kappa shape index (κ1) is 20.6. The summed E-state index contributed by atoms with van der Waals surface area (Å²) in [5, 5.41) is 1.56. The van der Waals surface area contributed by atoms with Crippen molar-refractivity contribution in [3.05, 3.63) is 84.1 Å². The SMILES string of the molecule is CN(C)c1ccc([C@H](CNC(=O)c2ccco2)S(=O)(=O)c2ccc(F)cc2)cc1. The van der Waals surface area contributed by atoms with Crippen LogP contribution >= 0.6 is 0 Å². The average molecular weight is 416 g/mol. The maximum atomic E-state index is 13.3. The highest BCUT2D eigenvalue weighted by atomic mass is 32.2. The summed E-state index contributed by atoms with van der Waals surface area (Å²) >= 11 is 0. The molecule has 152 valence electrons. The largest absolute Gasteiger partial charge is 0.459 e. The summed E-state index contributed by atoms with van der Waals surface area (Å²) in [6.45, 7) is -0.166. The van der Waals surface area contributed by atoms with Gasteiger partial charge < -0.3 is 14.6 Å². The Morgan fingerprint density at radius 3 is 2.28 bits per heavy atom. The van der Waals surface area contributed by atoms with Crippen LogP contribution in [0.2, 0.25) is 0 Å². The van der Waals surface area contributed by atoms with Crippen molar-refractivity contribution < 1.29 is 22.0 Å². The maximum Gasteiger partial charge on any atom is 0.287 e. The fourth-order valence-corrected chi connectivity index (χ4v) is 4.52. The Hall–Kier alpha value is -3.13. The standard InChI is InChI=1S/C21H21FN2O4S/c1-24(2)17-9-5-15(6-10-17)20(14-23-21(25)19-4-3-13-28-19)29(26,27)18-11-7-16(22)8-12-18/h3-13,20H,14H2,1-2H3,(H,23,25)/t20-/m0/s1. The molecule has 1 N–H and O–H groups in total. The molecule has 6 nitrogen and oxygen atoms in total. The Kier molecular flexibility index (Phi) is 6.03. The highest BCUT2D eigenvalue weighted by Crippen LogP contribution is 2.30. The van der Waals surface area contributed by atoms with Crippen LogP contribution in [0.25, 0.3) is 0 Å². The van der Waals surface area contributed by atoms with Crippen LogP contribution in [0, 0.1) is 5.82 Å². The van der Waals surface area contributed by atoms with Gasteiger partial charge in [-0.3, -0.25) is 4.79 Å². The van der Waals surface area contributed by atoms with Crippen LogP contribution in [0.15, 0.2) is 76.2 Å². The van der Waals surface area contributed by atoms with Gasteiger partial charge in [0.1, 0.15) is 11.1 Å². The molecule has 1 amide bonds. The topological polar surface area (TPSA) is 79.6 Å². The number of amides is 1. The van der Waals surface area contributed by atoms with Gasteiger partial charge in [0.15, 0.2) is 15.6 Å². The molecule has 0 aliphatic heterocycles. The average Bonchev–Trinajstić information content (AvgIpc) is 3.23. The third kappa shape index (κ3) is 4.65. The van der Waals surface area contributed by atoms with Crippen molar-refractivity contribution in [3.8, 4) is 0 Å². The number of nitrogens with zero attached hydrogens (tertiary/aromatic N) is 1. The monoisotopic (exact) mass is 416 g/mol. The number of rotatable bonds is 7. The molecule has 1 atom stereocenters. The molecule has 0 radical (unpaired) electrons. The van der Waals surface area contributed by atoms with Gasteiger partial charge >= 0.3 is 0 Å². The van der Waals surface area contributed by atoms with E-state index >= 15 is 0 Å². The van der Waals surface area contributed by atoms with E-state index in [1.54, 1.807) is 30.3 Å². The smallest absolute Gasteiger partial charge is 0.287 e. The summed E-state index contributed by atoms with van der Waals surface area (Å²) in [7, 11) is -0.133. The van der Waals surface area contributed by atoms with Crippen molar-refractivity contribution in [1.29, 1.82) is 0 Å². The molecule has 0 unspecified atom stereocenters. The van der Waals surface area contributed by atoms with Crippen molar-refractivity contribution >= 4 is 21.4 Å². The van der Waals surface area contributed by atoms with E-state index in [9.17, 15) is 17.6 Å². The van der Waals surface area contributed by atoms with Crippen molar-refractivity contribution in [2.45, 2.75) is 10.1 Å². The quantitative estimate of drug-likeness (QED) is 0.597. The van der Waals surface area contributed by atoms with E-state index in [4.69, 9.17) is 4.42 Å². The van der Waals surface area contributed by atoms with Crippen molar-refractivity contribution in [3.63, 3.8) is 0 Å². The first-order valence-corrected chi connectivity index (χ1v) is 10.4. The molecule has 1 aromatic heterocycles. The van der Waals surface area contributed by atoms with Gasteiger partial charge in [0.25, 0.3) is 5.91 Å². The summed E-state index contributed by atoms with van der Waals surface area (Å²) in [6, 6.07) is 14.7. The zero-order valence-corrected chi connectivity index (χ0v) is 16.8. The normalized spacial score (nSPS) is 12.4. The molecule has 0 bridgehead atoms. The number of anilines is 1. The lowest BCUT2D eigenvalue weighted by molar-refractivity contribution is 0.0926. The summed E-state index contributed by atoms with van der Waals surface area (Å²) in [4.78, 5) is 14.1. The molecule has 2 aromatic carbocycles. The number of halogens is 1. The molecule has 0 aliphatic carbocycles. The van der Waals surface area contributed by atoms with Gasteiger partial charge in [-0.2, -0.15) is 0 Å². The molecule has 29 heavy (non-hydrogen) atoms. The Morgan fingerprint density at radius 1 is 1.07 bits per heavy atom. The van der Waals surface area contributed by atoms with E-state index in [1.165, 1.54) is 24.5 Å². The lowest BCUT2D eigenvalue weighted by atomic mass is 10.1. The number of carbonyl (C=O) groups excluding carboxylic acids is 1. The molecule has 0 saturated heterocycles. The Bertz CT molecular complexity index is 1060. The van der Waals surface area contributed by atoms with Crippen LogP contribution in [0.3, 0.4) is 0 Å². The highest BCUT2D eigenvalue weighted by Gasteiger charge is 2.30. The maximum absolute atomic E-state index is 13.3. The van der Waals surface area contributed by atoms with Crippen LogP contribution in [-0.4, -0.2) is 35.0 Å². The van der Waals surface area contributed by atoms with Gasteiger partial charge in [-0.1, -0.05) is 12.1 Å². The lowest BCUT2D eigenvalue weighted by Crippen LogP contribution is -2.31. The first-order valence-electron chi connectivity index (χ1n) is 8.87. The van der Waals surface area contributed by atoms with E-state index in [2.05, 4.69) is 5.32 Å². The Morgan fingerprint density at radius 2 is 1.72 bits per heavy atom. The van der Waals surface area contributed by atoms with E-state index < -0.39 is 26.8 Å². The number of sulfone groups is 1. The zero-order chi connectivity index (χ0) is 21.0. The Balaban J connectivity index is 1.94. The minimum absolute atomic E-state index is 0.0205. The Labute approximate surface area is 168 Å². The minimum Gasteiger partial charge on any atom is -0.459 e. The number of nitrogens with one attached hydrogen (secondary N) is 1. The molecule has 0 fully saturated rings. The minimum atomic E-state index is -3.89. The number of carbonyl (C=O) groups is 1. The molecule has 1 heterocycles. The van der Waals surface area contributed by atoms with Crippen LogP contribution < -0.4 is 10.2 Å². The van der Waals surface area contributed by atoms with Gasteiger partial charge in [0.2, 0.25) is 0 Å². The van der Waals surface area contributed by atoms with Gasteiger partial charge in [0, 0.05) is 26.3 Å². The third-order valence-electron chi connectivity index (χ3n) is 4.49. The number of hydrogen-bond donors (Lipinski definition) is 1. The third-order valence-corrected chi connectivity index (χ3v) is 6.61. The predicted octanol–water partition coefficient (Wildman–Crippen LogP) is 3.43. The van der Waals surface area contributed by atoms with Crippen LogP contribution in [0.4, 0.5) is 10.1 Å². The second kappa shape index (κ2) is 8.48. The number of furan rings is 1. The summed E-state index contributed by atoms with van der Waals surface area (Å²) in [5.41, 5.74) is 1.42. The van der Waals surface area contributed by atoms with E-state index in [0.29, 0.717) is 5.56 Å². The molecule has 0 saturated carbocycles. The van der Waals surface area contributed by atoms with E-state index in [-0.39, 0.29) is 17.2 Å². The molecule has 0 aliphatic rings. The zero-order valence-electron chi connectivity index (χ0n) is 16.0. The molecule has 3 rings (SSSR count). The summed E-state index contributed by atoms with van der Waals surface area (Å²) < 4.78 is 44.8. The first-order chi connectivity index (χ1) is 13.8. The van der Waals surface area contributed by atoms with Crippen molar-refractivity contribution in [1.82, 2.24) is 5.32 Å². The van der Waals surface area contributed by atoms with Gasteiger partial charge in [-0.25, -0.2) is 12.8 Å². The highest BCUT2D eigenvalue weighted by molar-refractivity contribution is 7.91. The van der Waals surface area contributed by atoms with Crippen molar-refractivity contribution in [2.75, 3.05) is 25.5 Å². The molecular weight excluding hydrogens is 395 g/mol. The van der Waals surface area contributed by atoms with Gasteiger partial charge in [0.05, 0.1) is 11.2 Å². The number of benzene rings is 2. The molecular formula is C21H21FN2O4S. The molecule has 0 spiro atoms. The van der Waals surface area contributed by atoms with Crippen LogP contribution in [0.5, 0.6) is 0 Å². The second-order valence-corrected chi connectivity index (χ2v) is 8.79. The molecule has 3 aromatic rings. The van der Waals surface area contributed by atoms with Crippen LogP contribution in [0.1, 0.15) is 21.4 Å². The van der Waals surface area contributed by atoms with E-state index in [1.807, 2.05) is 19.0 Å². The van der Waals surface area contributed by atoms with Crippen LogP contribution in [-0.2, 0) is 9.84 Å². The van der Waals surface area contributed by atoms with Gasteiger partial charge in [-0.05, 0) is 54.1 Å². The van der Waals surface area contributed by atoms with Crippen molar-refractivity contribution in [2.24, 2.45) is 0 Å². The summed E-state index contributed by atoms with van der Waals surface area (Å²) in [5.74, 6) is -0.952. The number of hydrogen-bond acceptors (Lipinski definition) is 5. The van der Waals surface area contributed by atoms with E-state index in [0.717, 1.165) is 17.8 Å². The second-order valence-electron chi connectivity index (χ2n) is 6.66. The fourth-order valence-electron chi connectivity index (χ4n) is 2.86. The molecule has 8 heteroatoms. The van der Waals surface area contributed by atoms with Gasteiger partial charge in [-0.15, -0.1) is 0 Å².